The number of nitrogens with zero attached hydrogens (tertiary/aromatic N) is 5. The molecule has 1 aromatic heterocycles. The molecule has 1 aliphatic rings. The molecule has 0 bridgehead atoms. The lowest BCUT2D eigenvalue weighted by Gasteiger charge is -2.17. The molecule has 3 aromatic rings. The van der Waals surface area contributed by atoms with Crippen LogP contribution < -0.4 is 20.0 Å². The largest absolute Gasteiger partial charge is 0.305 e. The molecule has 0 saturated heterocycles. The molecule has 168 valence electrons. The number of carbonyl (C=O) groups is 2. The van der Waals surface area contributed by atoms with Gasteiger partial charge in [-0.25, -0.2) is 4.99 Å². The van der Waals surface area contributed by atoms with E-state index in [4.69, 9.17) is 4.52 Å². The number of thioether (sulfide) groups is 1. The van der Waals surface area contributed by atoms with Crippen molar-refractivity contribution in [3.8, 4) is 0 Å². The van der Waals surface area contributed by atoms with Crippen molar-refractivity contribution in [2.75, 3.05) is 35.1 Å². The third kappa shape index (κ3) is 5.29. The van der Waals surface area contributed by atoms with E-state index < -0.39 is 0 Å². The van der Waals surface area contributed by atoms with Gasteiger partial charge in [0.15, 0.2) is 5.17 Å². The molecule has 0 saturated carbocycles. The fraction of sp³-hybridized carbons (Fsp3) is 0.174. The van der Waals surface area contributed by atoms with Gasteiger partial charge in [0, 0.05) is 0 Å². The van der Waals surface area contributed by atoms with Crippen molar-refractivity contribution in [1.82, 2.24) is 5.27 Å². The van der Waals surface area contributed by atoms with Gasteiger partial charge in [0.2, 0.25) is 11.2 Å². The van der Waals surface area contributed by atoms with Crippen LogP contribution in [0.3, 0.4) is 0 Å². The van der Waals surface area contributed by atoms with Crippen LogP contribution in [0.5, 0.6) is 0 Å². The van der Waals surface area contributed by atoms with Crippen LogP contribution in [0.25, 0.3) is 6.08 Å². The highest BCUT2D eigenvalue weighted by Gasteiger charge is 2.32. The van der Waals surface area contributed by atoms with Crippen molar-refractivity contribution in [3.63, 3.8) is 0 Å². The van der Waals surface area contributed by atoms with Crippen LogP contribution in [0.2, 0.25) is 0 Å². The van der Waals surface area contributed by atoms with Crippen LogP contribution in [0.15, 0.2) is 76.0 Å². The number of benzene rings is 2. The first-order valence-corrected chi connectivity index (χ1v) is 11.1. The molecule has 2 aromatic carbocycles. The Hall–Kier alpha value is -3.92. The first-order chi connectivity index (χ1) is 15.9. The SMILES string of the molecule is Cc1cccc(/C=C2/N=C(SCC(=O)Nc3c[n+](N(C)C)no3)N(c3ccccc3)C2=O)c1. The topological polar surface area (TPSA) is 94.9 Å². The molecule has 4 rings (SSSR count). The van der Waals surface area contributed by atoms with E-state index in [1.807, 2.05) is 61.5 Å². The van der Waals surface area contributed by atoms with Crippen LogP contribution in [-0.4, -0.2) is 42.1 Å². The number of amides is 2. The summed E-state index contributed by atoms with van der Waals surface area (Å²) in [5.74, 6) is -0.288. The smallest absolute Gasteiger partial charge is 0.288 e. The number of para-hydroxylation sites is 1. The molecule has 9 nitrogen and oxygen atoms in total. The van der Waals surface area contributed by atoms with Gasteiger partial charge >= 0.3 is 5.88 Å². The van der Waals surface area contributed by atoms with E-state index in [-0.39, 0.29) is 23.5 Å². The summed E-state index contributed by atoms with van der Waals surface area (Å²) in [6, 6.07) is 17.1. The predicted molar refractivity (Wildman–Crippen MR) is 128 cm³/mol. The predicted octanol–water partition coefficient (Wildman–Crippen LogP) is 2.58. The third-order valence-corrected chi connectivity index (χ3v) is 5.59. The molecule has 0 aliphatic carbocycles. The van der Waals surface area contributed by atoms with Gasteiger partial charge in [-0.2, -0.15) is 5.01 Å². The number of anilines is 2. The van der Waals surface area contributed by atoms with Crippen molar-refractivity contribution >= 4 is 46.4 Å². The number of hydrogen-bond donors (Lipinski definition) is 1. The minimum Gasteiger partial charge on any atom is -0.288 e. The normalized spacial score (nSPS) is 14.5. The molecular weight excluding hydrogens is 440 g/mol. The number of nitrogens with one attached hydrogen (secondary N) is 1. The number of hydrogen-bond acceptors (Lipinski definition) is 7. The fourth-order valence-electron chi connectivity index (χ4n) is 3.10. The van der Waals surface area contributed by atoms with Gasteiger partial charge in [-0.1, -0.05) is 59.8 Å². The van der Waals surface area contributed by atoms with Crippen molar-refractivity contribution in [2.45, 2.75) is 6.92 Å². The Balaban J connectivity index is 1.53. The van der Waals surface area contributed by atoms with E-state index in [1.54, 1.807) is 31.4 Å². The fourth-order valence-corrected chi connectivity index (χ4v) is 3.91. The van der Waals surface area contributed by atoms with E-state index in [1.165, 1.54) is 21.5 Å². The van der Waals surface area contributed by atoms with Crippen LogP contribution in [0.1, 0.15) is 11.1 Å². The second-order valence-corrected chi connectivity index (χ2v) is 8.43. The number of aromatic nitrogens is 2. The molecule has 10 heteroatoms. The van der Waals surface area contributed by atoms with Crippen molar-refractivity contribution in [3.05, 3.63) is 77.6 Å². The molecule has 2 amide bonds. The van der Waals surface area contributed by atoms with E-state index in [0.29, 0.717) is 16.6 Å². The van der Waals surface area contributed by atoms with Crippen LogP contribution in [0, 0.1) is 6.92 Å². The number of rotatable bonds is 6. The third-order valence-electron chi connectivity index (χ3n) is 4.65. The summed E-state index contributed by atoms with van der Waals surface area (Å²) in [6.07, 6.45) is 3.31. The van der Waals surface area contributed by atoms with Gasteiger partial charge in [-0.15, -0.1) is 0 Å². The van der Waals surface area contributed by atoms with Crippen LogP contribution in [0.4, 0.5) is 11.6 Å². The molecule has 0 fully saturated rings. The van der Waals surface area contributed by atoms with Gasteiger partial charge in [-0.05, 0) is 30.7 Å². The number of amidine groups is 1. The van der Waals surface area contributed by atoms with Crippen LogP contribution >= 0.6 is 11.8 Å². The Bertz CT molecular complexity index is 1240. The average molecular weight is 464 g/mol. The maximum absolute atomic E-state index is 13.2. The van der Waals surface area contributed by atoms with Gasteiger partial charge in [0.25, 0.3) is 12.1 Å². The first kappa shape index (κ1) is 22.3. The summed E-state index contributed by atoms with van der Waals surface area (Å²) < 4.78 is 5.10. The average Bonchev–Trinajstić information content (AvgIpc) is 3.38. The Kier molecular flexibility index (Phi) is 6.55. The summed E-state index contributed by atoms with van der Waals surface area (Å²) >= 11 is 1.17. The summed E-state index contributed by atoms with van der Waals surface area (Å²) in [5, 5.41) is 8.56. The lowest BCUT2D eigenvalue weighted by molar-refractivity contribution is -0.753. The first-order valence-electron chi connectivity index (χ1n) is 10.2. The van der Waals surface area contributed by atoms with Gasteiger partial charge in [0.1, 0.15) is 5.70 Å². The standard InChI is InChI=1S/C23H22N6O3S/c1-16-8-7-9-17(12-16)13-19-22(31)29(18-10-5-4-6-11-18)23(24-19)33-15-20(30)25-21-14-28(26-32-21)27(2)3/h4-14H,15H2,1-3H3/p+1/b19-13+. The molecule has 1 aliphatic heterocycles. The molecule has 1 N–H and O–H groups in total. The van der Waals surface area contributed by atoms with E-state index in [9.17, 15) is 9.59 Å². The lowest BCUT2D eigenvalue weighted by atomic mass is 10.1. The van der Waals surface area contributed by atoms with Gasteiger partial charge < -0.3 is 0 Å². The minimum absolute atomic E-state index is 0.0375. The number of aryl methyl sites for hydroxylation is 1. The van der Waals surface area contributed by atoms with E-state index >= 15 is 0 Å². The Morgan fingerprint density at radius 3 is 2.70 bits per heavy atom. The highest BCUT2D eigenvalue weighted by Crippen LogP contribution is 2.29. The second-order valence-electron chi connectivity index (χ2n) is 7.48. The summed E-state index contributed by atoms with van der Waals surface area (Å²) in [6.45, 7) is 1.99. The minimum atomic E-state index is -0.304. The molecule has 0 spiro atoms. The van der Waals surface area contributed by atoms with Crippen molar-refractivity contribution in [2.24, 2.45) is 4.99 Å². The summed E-state index contributed by atoms with van der Waals surface area (Å²) in [7, 11) is 3.58. The molecule has 0 atom stereocenters. The number of carbonyl (C=O) groups excluding carboxylic acids is 2. The van der Waals surface area contributed by atoms with E-state index in [0.717, 1.165) is 11.1 Å². The highest BCUT2D eigenvalue weighted by atomic mass is 32.2. The quantitative estimate of drug-likeness (QED) is 0.446. The second kappa shape index (κ2) is 9.70. The van der Waals surface area contributed by atoms with Crippen molar-refractivity contribution in [1.29, 1.82) is 0 Å². The zero-order valence-electron chi connectivity index (χ0n) is 18.4. The zero-order valence-corrected chi connectivity index (χ0v) is 19.2. The lowest BCUT2D eigenvalue weighted by Crippen LogP contribution is -2.53. The highest BCUT2D eigenvalue weighted by molar-refractivity contribution is 8.14. The number of aliphatic imine (C=N–C) groups is 1. The van der Waals surface area contributed by atoms with Gasteiger partial charge in [-0.3, -0.25) is 24.3 Å². The maximum atomic E-state index is 13.2. The van der Waals surface area contributed by atoms with Gasteiger partial charge in [0.05, 0.1) is 30.3 Å². The molecule has 2 heterocycles. The monoisotopic (exact) mass is 463 g/mol. The van der Waals surface area contributed by atoms with E-state index in [2.05, 4.69) is 15.6 Å². The molecule has 0 radical (unpaired) electrons. The van der Waals surface area contributed by atoms with Crippen LogP contribution in [-0.2, 0) is 9.59 Å². The molecule has 33 heavy (non-hydrogen) atoms. The Labute approximate surface area is 195 Å². The molecular formula is C23H23N6O3S+. The van der Waals surface area contributed by atoms with Crippen molar-refractivity contribution < 1.29 is 18.9 Å². The summed E-state index contributed by atoms with van der Waals surface area (Å²) in [4.78, 5) is 33.2. The Morgan fingerprint density at radius 1 is 1.21 bits per heavy atom. The Morgan fingerprint density at radius 2 is 2.00 bits per heavy atom. The maximum Gasteiger partial charge on any atom is 0.305 e. The summed E-state index contributed by atoms with van der Waals surface area (Å²) in [5.41, 5.74) is 2.98. The zero-order chi connectivity index (χ0) is 23.4. The molecule has 0 unspecified atom stereocenters.